The Kier molecular flexibility index (Phi) is 69.5. The molecule has 6 heteroatoms. The maximum absolute atomic E-state index is 12.9. The van der Waals surface area contributed by atoms with E-state index < -0.39 is 6.10 Å². The van der Waals surface area contributed by atoms with Crippen molar-refractivity contribution in [2.75, 3.05) is 13.2 Å². The molecule has 0 aromatic carbocycles. The average molecular weight is 1140 g/mol. The van der Waals surface area contributed by atoms with Crippen molar-refractivity contribution < 1.29 is 28.6 Å². The van der Waals surface area contributed by atoms with Gasteiger partial charge in [0.05, 0.1) is 0 Å². The number of esters is 3. The molecule has 0 aliphatic carbocycles. The number of rotatable bonds is 71. The lowest BCUT2D eigenvalue weighted by Crippen LogP contribution is -2.30. The van der Waals surface area contributed by atoms with Gasteiger partial charge in [-0.3, -0.25) is 14.4 Å². The maximum atomic E-state index is 12.9. The Morgan fingerprint density at radius 2 is 0.333 bits per heavy atom. The van der Waals surface area contributed by atoms with E-state index in [0.29, 0.717) is 19.3 Å². The molecule has 0 aliphatic rings. The molecule has 482 valence electrons. The van der Waals surface area contributed by atoms with E-state index in [1.54, 1.807) is 0 Å². The van der Waals surface area contributed by atoms with Crippen LogP contribution in [0.1, 0.15) is 445 Å². The highest BCUT2D eigenvalue weighted by atomic mass is 16.6. The molecule has 0 amide bonds. The fraction of sp³-hybridized carbons (Fsp3) is 0.960. The summed E-state index contributed by atoms with van der Waals surface area (Å²) in [6, 6.07) is 0. The first-order chi connectivity index (χ1) is 40.0. The van der Waals surface area contributed by atoms with Gasteiger partial charge in [0.1, 0.15) is 13.2 Å². The van der Waals surface area contributed by atoms with E-state index in [2.05, 4.69) is 20.8 Å². The Hall–Kier alpha value is -1.59. The smallest absolute Gasteiger partial charge is 0.306 e. The van der Waals surface area contributed by atoms with Gasteiger partial charge in [-0.25, -0.2) is 0 Å². The molecule has 1 unspecified atom stereocenters. The number of ether oxygens (including phenoxy) is 3. The van der Waals surface area contributed by atoms with Crippen LogP contribution in [-0.4, -0.2) is 37.2 Å². The van der Waals surface area contributed by atoms with Crippen molar-refractivity contribution in [2.45, 2.75) is 451 Å². The van der Waals surface area contributed by atoms with E-state index in [4.69, 9.17) is 14.2 Å². The van der Waals surface area contributed by atoms with Crippen molar-refractivity contribution in [3.63, 3.8) is 0 Å². The minimum absolute atomic E-state index is 0.0606. The summed E-state index contributed by atoms with van der Waals surface area (Å²) in [6.07, 6.45) is 84.6. The van der Waals surface area contributed by atoms with Crippen LogP contribution in [0, 0.1) is 0 Å². The highest BCUT2D eigenvalue weighted by Crippen LogP contribution is 2.20. The molecule has 6 nitrogen and oxygen atoms in total. The van der Waals surface area contributed by atoms with Crippen LogP contribution in [0.5, 0.6) is 0 Å². The van der Waals surface area contributed by atoms with Crippen LogP contribution in [0.2, 0.25) is 0 Å². The molecule has 0 fully saturated rings. The van der Waals surface area contributed by atoms with Crippen LogP contribution in [-0.2, 0) is 28.6 Å². The minimum atomic E-state index is -0.763. The lowest BCUT2D eigenvalue weighted by atomic mass is 10.0. The third-order valence-electron chi connectivity index (χ3n) is 17.6. The molecule has 0 N–H and O–H groups in total. The summed E-state index contributed by atoms with van der Waals surface area (Å²) in [5.74, 6) is -0.825. The predicted molar refractivity (Wildman–Crippen MR) is 354 cm³/mol. The van der Waals surface area contributed by atoms with Gasteiger partial charge in [-0.05, 0) is 19.3 Å². The van der Waals surface area contributed by atoms with Gasteiger partial charge < -0.3 is 14.2 Å². The fourth-order valence-electron chi connectivity index (χ4n) is 12.0. The van der Waals surface area contributed by atoms with Crippen molar-refractivity contribution >= 4 is 17.9 Å². The molecule has 0 heterocycles. The minimum Gasteiger partial charge on any atom is -0.462 e. The Morgan fingerprint density at radius 1 is 0.198 bits per heavy atom. The Balaban J connectivity index is 4.01. The second-order valence-corrected chi connectivity index (χ2v) is 25.9. The van der Waals surface area contributed by atoms with Crippen molar-refractivity contribution in [3.8, 4) is 0 Å². The number of hydrogen-bond acceptors (Lipinski definition) is 6. The first-order valence-electron chi connectivity index (χ1n) is 37.5. The SMILES string of the molecule is CCCCCCCCCCCCCCCCCCCCCCCCCCCCCCCCCC(=O)OCC(COC(=O)CCCCCCCCCCC)OC(=O)CCCCCCCCCCCCCCCCCCCCCCCCC. The van der Waals surface area contributed by atoms with E-state index in [1.807, 2.05) is 0 Å². The van der Waals surface area contributed by atoms with Crippen LogP contribution in [0.3, 0.4) is 0 Å². The summed E-state index contributed by atoms with van der Waals surface area (Å²) in [5, 5.41) is 0. The van der Waals surface area contributed by atoms with E-state index in [-0.39, 0.29) is 31.1 Å². The topological polar surface area (TPSA) is 78.9 Å². The van der Waals surface area contributed by atoms with E-state index in [9.17, 15) is 14.4 Å². The Bertz CT molecular complexity index is 1220. The van der Waals surface area contributed by atoms with E-state index in [1.165, 1.54) is 347 Å². The van der Waals surface area contributed by atoms with Gasteiger partial charge in [-0.2, -0.15) is 0 Å². The molecular formula is C75H146O6. The number of carbonyl (C=O) groups is 3. The van der Waals surface area contributed by atoms with Gasteiger partial charge in [-0.15, -0.1) is 0 Å². The van der Waals surface area contributed by atoms with Crippen LogP contribution in [0.15, 0.2) is 0 Å². The Morgan fingerprint density at radius 3 is 0.494 bits per heavy atom. The van der Waals surface area contributed by atoms with Gasteiger partial charge in [0.25, 0.3) is 0 Å². The molecule has 0 aromatic rings. The molecule has 0 saturated heterocycles. The van der Waals surface area contributed by atoms with Gasteiger partial charge in [0.2, 0.25) is 0 Å². The van der Waals surface area contributed by atoms with Crippen LogP contribution in [0.4, 0.5) is 0 Å². The lowest BCUT2D eigenvalue weighted by molar-refractivity contribution is -0.167. The molecule has 81 heavy (non-hydrogen) atoms. The zero-order valence-electron chi connectivity index (χ0n) is 55.6. The van der Waals surface area contributed by atoms with Gasteiger partial charge >= 0.3 is 17.9 Å². The van der Waals surface area contributed by atoms with E-state index in [0.717, 1.165) is 57.8 Å². The van der Waals surface area contributed by atoms with Crippen molar-refractivity contribution in [3.05, 3.63) is 0 Å². The zero-order chi connectivity index (χ0) is 58.5. The van der Waals surface area contributed by atoms with Crippen molar-refractivity contribution in [1.82, 2.24) is 0 Å². The highest BCUT2D eigenvalue weighted by Gasteiger charge is 2.20. The second kappa shape index (κ2) is 70.9. The molecule has 0 bridgehead atoms. The van der Waals surface area contributed by atoms with Crippen molar-refractivity contribution in [2.24, 2.45) is 0 Å². The van der Waals surface area contributed by atoms with Crippen molar-refractivity contribution in [1.29, 1.82) is 0 Å². The summed E-state index contributed by atoms with van der Waals surface area (Å²) in [5.41, 5.74) is 0. The maximum Gasteiger partial charge on any atom is 0.306 e. The Labute approximate surface area is 508 Å². The van der Waals surface area contributed by atoms with E-state index >= 15 is 0 Å². The molecule has 0 rings (SSSR count). The molecule has 0 saturated carbocycles. The second-order valence-electron chi connectivity index (χ2n) is 25.9. The van der Waals surface area contributed by atoms with Gasteiger partial charge in [0.15, 0.2) is 6.10 Å². The standard InChI is InChI=1S/C75H146O6/c1-4-7-10-13-16-19-21-23-25-27-29-31-33-34-35-36-37-38-39-40-42-43-45-47-49-51-53-56-59-62-65-68-74(77)80-71-72(70-79-73(76)67-64-61-58-55-18-15-12-9-6-3)81-75(78)69-66-63-60-57-54-52-50-48-46-44-41-32-30-28-26-24-22-20-17-14-11-8-5-2/h72H,4-71H2,1-3H3. The molecule has 0 aromatic heterocycles. The van der Waals surface area contributed by atoms with Crippen LogP contribution in [0.25, 0.3) is 0 Å². The average Bonchev–Trinajstić information content (AvgIpc) is 3.47. The quantitative estimate of drug-likeness (QED) is 0.0343. The first-order valence-corrected chi connectivity index (χ1v) is 37.5. The highest BCUT2D eigenvalue weighted by molar-refractivity contribution is 5.71. The largest absolute Gasteiger partial charge is 0.462 e. The summed E-state index contributed by atoms with van der Waals surface area (Å²) in [7, 11) is 0. The fourth-order valence-corrected chi connectivity index (χ4v) is 12.0. The summed E-state index contributed by atoms with van der Waals surface area (Å²) in [6.45, 7) is 6.72. The molecule has 0 radical (unpaired) electrons. The third-order valence-corrected chi connectivity index (χ3v) is 17.6. The third kappa shape index (κ3) is 69.1. The molecular weight excluding hydrogens is 997 g/mol. The number of carbonyl (C=O) groups excluding carboxylic acids is 3. The summed E-state index contributed by atoms with van der Waals surface area (Å²) < 4.78 is 17.0. The predicted octanol–water partition coefficient (Wildman–Crippen LogP) is 25.8. The molecule has 0 spiro atoms. The zero-order valence-corrected chi connectivity index (χ0v) is 55.6. The monoisotopic (exact) mass is 1140 g/mol. The molecule has 1 atom stereocenters. The normalized spacial score (nSPS) is 11.9. The van der Waals surface area contributed by atoms with Crippen LogP contribution >= 0.6 is 0 Å². The lowest BCUT2D eigenvalue weighted by Gasteiger charge is -2.18. The summed E-state index contributed by atoms with van der Waals surface area (Å²) >= 11 is 0. The first kappa shape index (κ1) is 79.4. The van der Waals surface area contributed by atoms with Crippen LogP contribution < -0.4 is 0 Å². The van der Waals surface area contributed by atoms with Gasteiger partial charge in [0, 0.05) is 19.3 Å². The number of hydrogen-bond donors (Lipinski definition) is 0. The number of unbranched alkanes of at least 4 members (excludes halogenated alkanes) is 60. The molecule has 0 aliphatic heterocycles. The summed E-state index contributed by atoms with van der Waals surface area (Å²) in [4.78, 5) is 38.3. The van der Waals surface area contributed by atoms with Gasteiger partial charge in [-0.1, -0.05) is 406 Å².